The summed E-state index contributed by atoms with van der Waals surface area (Å²) in [5.41, 5.74) is 5.52. The van der Waals surface area contributed by atoms with Crippen molar-refractivity contribution in [2.24, 2.45) is 0 Å². The third-order valence-corrected chi connectivity index (χ3v) is 5.08. The van der Waals surface area contributed by atoms with Crippen LogP contribution in [0.15, 0.2) is 42.5 Å². The fourth-order valence-corrected chi connectivity index (χ4v) is 3.23. The zero-order valence-corrected chi connectivity index (χ0v) is 15.9. The van der Waals surface area contributed by atoms with E-state index in [-0.39, 0.29) is 11.9 Å². The van der Waals surface area contributed by atoms with Gasteiger partial charge in [-0.05, 0) is 55.2 Å². The van der Waals surface area contributed by atoms with Crippen LogP contribution < -0.4 is 5.32 Å². The number of aryl methyl sites for hydroxylation is 2. The van der Waals surface area contributed by atoms with Gasteiger partial charge in [-0.25, -0.2) is 0 Å². The molecule has 1 unspecified atom stereocenters. The summed E-state index contributed by atoms with van der Waals surface area (Å²) < 4.78 is 5.40. The first-order chi connectivity index (χ1) is 12.5. The third kappa shape index (κ3) is 4.71. The van der Waals surface area contributed by atoms with E-state index in [4.69, 9.17) is 4.74 Å². The molecule has 1 aliphatic heterocycles. The number of morpholine rings is 1. The molecule has 1 saturated heterocycles. The Hall–Kier alpha value is -2.17. The van der Waals surface area contributed by atoms with Gasteiger partial charge in [-0.3, -0.25) is 9.69 Å². The monoisotopic (exact) mass is 352 g/mol. The predicted molar refractivity (Wildman–Crippen MR) is 104 cm³/mol. The molecule has 4 nitrogen and oxygen atoms in total. The second-order valence-corrected chi connectivity index (χ2v) is 7.13. The number of carbonyl (C=O) groups is 1. The minimum Gasteiger partial charge on any atom is -0.379 e. The van der Waals surface area contributed by atoms with E-state index in [9.17, 15) is 4.79 Å². The molecule has 26 heavy (non-hydrogen) atoms. The summed E-state index contributed by atoms with van der Waals surface area (Å²) in [7, 11) is 0. The molecule has 1 heterocycles. The minimum atomic E-state index is -0.0282. The largest absolute Gasteiger partial charge is 0.379 e. The summed E-state index contributed by atoms with van der Waals surface area (Å²) in [5, 5.41) is 3.12. The lowest BCUT2D eigenvalue weighted by Gasteiger charge is -2.26. The number of rotatable bonds is 5. The zero-order valence-electron chi connectivity index (χ0n) is 15.9. The summed E-state index contributed by atoms with van der Waals surface area (Å²) in [5.74, 6) is -0.0282. The van der Waals surface area contributed by atoms with Gasteiger partial charge in [0.1, 0.15) is 0 Å². The maximum Gasteiger partial charge on any atom is 0.251 e. The number of hydrogen-bond donors (Lipinski definition) is 1. The van der Waals surface area contributed by atoms with Crippen molar-refractivity contribution >= 4 is 5.91 Å². The normalized spacial score (nSPS) is 16.3. The molecule has 4 heteroatoms. The number of nitrogens with one attached hydrogen (secondary N) is 1. The first-order valence-corrected chi connectivity index (χ1v) is 9.30. The van der Waals surface area contributed by atoms with Gasteiger partial charge in [0.2, 0.25) is 0 Å². The van der Waals surface area contributed by atoms with Gasteiger partial charge in [-0.1, -0.05) is 30.3 Å². The Kier molecular flexibility index (Phi) is 6.07. The second-order valence-electron chi connectivity index (χ2n) is 7.13. The van der Waals surface area contributed by atoms with Crippen LogP contribution in [0.1, 0.15) is 45.6 Å². The molecule has 1 N–H and O–H groups in total. The SMILES string of the molecule is Cc1ccc(C(C)NC(=O)c2cccc(CN3CCOCC3)c2)cc1C. The fourth-order valence-electron chi connectivity index (χ4n) is 3.23. The Balaban J connectivity index is 1.65. The van der Waals surface area contributed by atoms with Crippen LogP contribution in [-0.2, 0) is 11.3 Å². The summed E-state index contributed by atoms with van der Waals surface area (Å²) in [6.45, 7) is 10.5. The van der Waals surface area contributed by atoms with Gasteiger partial charge >= 0.3 is 0 Å². The van der Waals surface area contributed by atoms with Crippen LogP contribution in [-0.4, -0.2) is 37.1 Å². The van der Waals surface area contributed by atoms with Crippen LogP contribution in [0.25, 0.3) is 0 Å². The molecular weight excluding hydrogens is 324 g/mol. The topological polar surface area (TPSA) is 41.6 Å². The van der Waals surface area contributed by atoms with Crippen LogP contribution in [0.5, 0.6) is 0 Å². The van der Waals surface area contributed by atoms with Crippen molar-refractivity contribution in [3.8, 4) is 0 Å². The molecule has 1 atom stereocenters. The van der Waals surface area contributed by atoms with Crippen LogP contribution >= 0.6 is 0 Å². The molecule has 2 aromatic rings. The van der Waals surface area contributed by atoms with Gasteiger partial charge in [-0.15, -0.1) is 0 Å². The molecule has 0 radical (unpaired) electrons. The van der Waals surface area contributed by atoms with Crippen molar-refractivity contribution in [3.63, 3.8) is 0 Å². The number of ether oxygens (including phenoxy) is 1. The van der Waals surface area contributed by atoms with E-state index in [0.29, 0.717) is 5.56 Å². The van der Waals surface area contributed by atoms with Gasteiger partial charge < -0.3 is 10.1 Å². The molecule has 0 aliphatic carbocycles. The van der Waals surface area contributed by atoms with Gasteiger partial charge in [0.15, 0.2) is 0 Å². The van der Waals surface area contributed by atoms with Crippen molar-refractivity contribution in [3.05, 3.63) is 70.3 Å². The highest BCUT2D eigenvalue weighted by atomic mass is 16.5. The molecule has 1 amide bonds. The summed E-state index contributed by atoms with van der Waals surface area (Å²) in [6.07, 6.45) is 0. The Morgan fingerprint density at radius 1 is 1.12 bits per heavy atom. The van der Waals surface area contributed by atoms with Gasteiger partial charge in [-0.2, -0.15) is 0 Å². The average Bonchev–Trinajstić information content (AvgIpc) is 2.65. The highest BCUT2D eigenvalue weighted by Gasteiger charge is 2.14. The smallest absolute Gasteiger partial charge is 0.251 e. The molecular formula is C22H28N2O2. The maximum atomic E-state index is 12.7. The summed E-state index contributed by atoms with van der Waals surface area (Å²) in [4.78, 5) is 15.0. The van der Waals surface area contributed by atoms with Crippen molar-refractivity contribution < 1.29 is 9.53 Å². The molecule has 1 aliphatic rings. The molecule has 2 aromatic carbocycles. The van der Waals surface area contributed by atoms with Gasteiger partial charge in [0.05, 0.1) is 19.3 Å². The Morgan fingerprint density at radius 2 is 1.88 bits per heavy atom. The quantitative estimate of drug-likeness (QED) is 0.893. The van der Waals surface area contributed by atoms with Crippen molar-refractivity contribution in [1.29, 1.82) is 0 Å². The number of benzene rings is 2. The van der Waals surface area contributed by atoms with E-state index in [1.165, 1.54) is 16.7 Å². The van der Waals surface area contributed by atoms with Crippen LogP contribution in [0, 0.1) is 13.8 Å². The zero-order chi connectivity index (χ0) is 18.5. The second kappa shape index (κ2) is 8.47. The number of hydrogen-bond acceptors (Lipinski definition) is 3. The molecule has 0 bridgehead atoms. The first-order valence-electron chi connectivity index (χ1n) is 9.30. The maximum absolute atomic E-state index is 12.7. The third-order valence-electron chi connectivity index (χ3n) is 5.08. The Morgan fingerprint density at radius 3 is 2.62 bits per heavy atom. The van der Waals surface area contributed by atoms with Gasteiger partial charge in [0, 0.05) is 25.2 Å². The van der Waals surface area contributed by atoms with E-state index >= 15 is 0 Å². The van der Waals surface area contributed by atoms with Crippen LogP contribution in [0.3, 0.4) is 0 Å². The van der Waals surface area contributed by atoms with E-state index in [2.05, 4.69) is 48.3 Å². The average molecular weight is 352 g/mol. The first kappa shape index (κ1) is 18.6. The van der Waals surface area contributed by atoms with Crippen molar-refractivity contribution in [1.82, 2.24) is 10.2 Å². The van der Waals surface area contributed by atoms with Crippen molar-refractivity contribution in [2.75, 3.05) is 26.3 Å². The van der Waals surface area contributed by atoms with Gasteiger partial charge in [0.25, 0.3) is 5.91 Å². The van der Waals surface area contributed by atoms with Crippen LogP contribution in [0.2, 0.25) is 0 Å². The molecule has 3 rings (SSSR count). The van der Waals surface area contributed by atoms with Crippen molar-refractivity contribution in [2.45, 2.75) is 33.4 Å². The molecule has 0 saturated carbocycles. The molecule has 138 valence electrons. The summed E-state index contributed by atoms with van der Waals surface area (Å²) >= 11 is 0. The summed E-state index contributed by atoms with van der Waals surface area (Å²) in [6, 6.07) is 14.2. The van der Waals surface area contributed by atoms with E-state index < -0.39 is 0 Å². The Labute approximate surface area is 156 Å². The number of nitrogens with zero attached hydrogens (tertiary/aromatic N) is 1. The lowest BCUT2D eigenvalue weighted by Crippen LogP contribution is -2.35. The Bertz CT molecular complexity index is 766. The van der Waals surface area contributed by atoms with E-state index in [1.54, 1.807) is 0 Å². The molecule has 1 fully saturated rings. The molecule has 0 aromatic heterocycles. The number of carbonyl (C=O) groups excluding carboxylic acids is 1. The minimum absolute atomic E-state index is 0.0234. The fraction of sp³-hybridized carbons (Fsp3) is 0.409. The lowest BCUT2D eigenvalue weighted by atomic mass is 10.0. The van der Waals surface area contributed by atoms with E-state index in [1.807, 2.05) is 25.1 Å². The lowest BCUT2D eigenvalue weighted by molar-refractivity contribution is 0.0342. The predicted octanol–water partition coefficient (Wildman–Crippen LogP) is 3.63. The highest BCUT2D eigenvalue weighted by Crippen LogP contribution is 2.18. The van der Waals surface area contributed by atoms with E-state index in [0.717, 1.165) is 38.4 Å². The molecule has 0 spiro atoms. The van der Waals surface area contributed by atoms with Crippen LogP contribution in [0.4, 0.5) is 0 Å². The standard InChI is InChI=1S/C22H28N2O2/c1-16-7-8-20(13-17(16)2)18(3)23-22(25)21-6-4-5-19(14-21)15-24-9-11-26-12-10-24/h4-8,13-14,18H,9-12,15H2,1-3H3,(H,23,25). The highest BCUT2D eigenvalue weighted by molar-refractivity contribution is 5.94. The number of amides is 1.